The summed E-state index contributed by atoms with van der Waals surface area (Å²) in [4.78, 5) is 8.99. The number of thiazole rings is 1. The normalized spacial score (nSPS) is 19.0. The Bertz CT molecular complexity index is 481. The molecule has 21 heavy (non-hydrogen) atoms. The molecule has 0 saturated heterocycles. The number of nitrogens with zero attached hydrogens (tertiary/aromatic N) is 2. The molecule has 1 heterocycles. The first-order valence-electron chi connectivity index (χ1n) is 8.46. The average Bonchev–Trinajstić information content (AvgIpc) is 3.32. The van der Waals surface area contributed by atoms with Crippen LogP contribution < -0.4 is 10.2 Å². The molecule has 2 aliphatic rings. The van der Waals surface area contributed by atoms with Crippen LogP contribution in [-0.4, -0.2) is 23.6 Å². The first kappa shape index (κ1) is 15.3. The molecule has 118 valence electrons. The monoisotopic (exact) mass is 307 g/mol. The van der Waals surface area contributed by atoms with E-state index in [0.29, 0.717) is 0 Å². The van der Waals surface area contributed by atoms with Crippen LogP contribution in [0.25, 0.3) is 0 Å². The van der Waals surface area contributed by atoms with Gasteiger partial charge in [0.15, 0.2) is 5.13 Å². The first-order valence-corrected chi connectivity index (χ1v) is 9.27. The summed E-state index contributed by atoms with van der Waals surface area (Å²) in [6.07, 6.45) is 5.49. The molecule has 3 nitrogen and oxygen atoms in total. The molecule has 1 aromatic rings. The van der Waals surface area contributed by atoms with E-state index in [2.05, 4.69) is 37.9 Å². The minimum Gasteiger partial charge on any atom is -0.348 e. The Labute approximate surface area is 133 Å². The molecule has 3 rings (SSSR count). The Hall–Kier alpha value is -0.610. The number of rotatable bonds is 7. The van der Waals surface area contributed by atoms with Gasteiger partial charge in [-0.1, -0.05) is 0 Å². The lowest BCUT2D eigenvalue weighted by Gasteiger charge is -2.20. The fourth-order valence-electron chi connectivity index (χ4n) is 2.59. The van der Waals surface area contributed by atoms with Gasteiger partial charge in [-0.3, -0.25) is 0 Å². The Morgan fingerprint density at radius 3 is 2.48 bits per heavy atom. The highest BCUT2D eigenvalue weighted by atomic mass is 32.1. The Morgan fingerprint density at radius 1 is 1.24 bits per heavy atom. The van der Waals surface area contributed by atoms with Gasteiger partial charge >= 0.3 is 0 Å². The molecule has 2 aliphatic carbocycles. The van der Waals surface area contributed by atoms with E-state index in [-0.39, 0.29) is 5.54 Å². The third-order valence-electron chi connectivity index (χ3n) is 4.29. The molecule has 0 amide bonds. The molecule has 1 N–H and O–H groups in total. The van der Waals surface area contributed by atoms with Crippen molar-refractivity contribution in [2.24, 2.45) is 5.92 Å². The highest BCUT2D eigenvalue weighted by Gasteiger charge is 2.31. The van der Waals surface area contributed by atoms with Crippen LogP contribution in [0.2, 0.25) is 0 Å². The number of hydrogen-bond donors (Lipinski definition) is 1. The summed E-state index contributed by atoms with van der Waals surface area (Å²) >= 11 is 1.92. The van der Waals surface area contributed by atoms with E-state index < -0.39 is 0 Å². The van der Waals surface area contributed by atoms with E-state index in [1.54, 1.807) is 0 Å². The third-order valence-corrected chi connectivity index (χ3v) is 5.42. The molecular weight excluding hydrogens is 278 g/mol. The lowest BCUT2D eigenvalue weighted by atomic mass is 10.1. The maximum absolute atomic E-state index is 5.03. The second-order valence-corrected chi connectivity index (χ2v) is 8.73. The van der Waals surface area contributed by atoms with E-state index >= 15 is 0 Å². The van der Waals surface area contributed by atoms with Gasteiger partial charge in [-0.2, -0.15) is 0 Å². The molecule has 0 atom stereocenters. The van der Waals surface area contributed by atoms with Gasteiger partial charge < -0.3 is 10.2 Å². The molecule has 0 radical (unpaired) electrons. The minimum atomic E-state index is 0.170. The zero-order chi connectivity index (χ0) is 15.0. The summed E-state index contributed by atoms with van der Waals surface area (Å²) < 4.78 is 0. The third kappa shape index (κ3) is 4.19. The summed E-state index contributed by atoms with van der Waals surface area (Å²) in [5, 5.41) is 4.90. The van der Waals surface area contributed by atoms with Crippen molar-refractivity contribution in [1.29, 1.82) is 0 Å². The lowest BCUT2D eigenvalue weighted by molar-refractivity contribution is 0.425. The molecule has 4 heteroatoms. The van der Waals surface area contributed by atoms with Crippen molar-refractivity contribution in [3.8, 4) is 0 Å². The van der Waals surface area contributed by atoms with Crippen molar-refractivity contribution < 1.29 is 0 Å². The molecule has 2 saturated carbocycles. The SMILES string of the molecule is CCN(CC1CC1)c1nc(C2CC2)c(CNC(C)(C)C)s1. The smallest absolute Gasteiger partial charge is 0.185 e. The van der Waals surface area contributed by atoms with Crippen LogP contribution in [0.3, 0.4) is 0 Å². The summed E-state index contributed by atoms with van der Waals surface area (Å²) in [7, 11) is 0. The number of nitrogens with one attached hydrogen (secondary N) is 1. The summed E-state index contributed by atoms with van der Waals surface area (Å²) in [5.74, 6) is 1.67. The van der Waals surface area contributed by atoms with E-state index in [1.807, 2.05) is 11.3 Å². The van der Waals surface area contributed by atoms with Crippen molar-refractivity contribution in [3.05, 3.63) is 10.6 Å². The molecule has 1 aromatic heterocycles. The molecule has 0 bridgehead atoms. The highest BCUT2D eigenvalue weighted by Crippen LogP contribution is 2.44. The van der Waals surface area contributed by atoms with Gasteiger partial charge in [0.1, 0.15) is 0 Å². The van der Waals surface area contributed by atoms with Gasteiger partial charge in [0.2, 0.25) is 0 Å². The van der Waals surface area contributed by atoms with Gasteiger partial charge in [-0.25, -0.2) is 4.98 Å². The second-order valence-electron chi connectivity index (χ2n) is 7.66. The maximum atomic E-state index is 5.03. The number of anilines is 1. The van der Waals surface area contributed by atoms with Crippen LogP contribution >= 0.6 is 11.3 Å². The maximum Gasteiger partial charge on any atom is 0.185 e. The molecule has 0 unspecified atom stereocenters. The van der Waals surface area contributed by atoms with Crippen molar-refractivity contribution in [3.63, 3.8) is 0 Å². The van der Waals surface area contributed by atoms with Crippen molar-refractivity contribution in [2.45, 2.75) is 71.4 Å². The van der Waals surface area contributed by atoms with Crippen molar-refractivity contribution in [2.75, 3.05) is 18.0 Å². The lowest BCUT2D eigenvalue weighted by Crippen LogP contribution is -2.35. The minimum absolute atomic E-state index is 0.170. The number of aromatic nitrogens is 1. The highest BCUT2D eigenvalue weighted by molar-refractivity contribution is 7.15. The molecule has 0 aliphatic heterocycles. The summed E-state index contributed by atoms with van der Waals surface area (Å²) in [6.45, 7) is 12.2. The molecule has 0 aromatic carbocycles. The van der Waals surface area contributed by atoms with Crippen molar-refractivity contribution in [1.82, 2.24) is 10.3 Å². The van der Waals surface area contributed by atoms with Crippen molar-refractivity contribution >= 4 is 16.5 Å². The Morgan fingerprint density at radius 2 is 1.95 bits per heavy atom. The first-order chi connectivity index (χ1) is 9.96. The Balaban J connectivity index is 1.74. The van der Waals surface area contributed by atoms with Gasteiger partial charge in [-0.15, -0.1) is 11.3 Å². The van der Waals surface area contributed by atoms with Crippen LogP contribution in [-0.2, 0) is 6.54 Å². The fraction of sp³-hybridized carbons (Fsp3) is 0.824. The summed E-state index contributed by atoms with van der Waals surface area (Å²) in [5.41, 5.74) is 1.56. The quantitative estimate of drug-likeness (QED) is 0.820. The van der Waals surface area contributed by atoms with E-state index in [1.165, 1.54) is 47.9 Å². The van der Waals surface area contributed by atoms with Gasteiger partial charge in [0, 0.05) is 36.0 Å². The zero-order valence-electron chi connectivity index (χ0n) is 13.9. The van der Waals surface area contributed by atoms with Gasteiger partial charge in [-0.05, 0) is 59.3 Å². The van der Waals surface area contributed by atoms with Crippen LogP contribution in [0.5, 0.6) is 0 Å². The van der Waals surface area contributed by atoms with Crippen LogP contribution in [0.1, 0.15) is 69.9 Å². The van der Waals surface area contributed by atoms with Gasteiger partial charge in [0.25, 0.3) is 0 Å². The second kappa shape index (κ2) is 5.88. The van der Waals surface area contributed by atoms with E-state index in [4.69, 9.17) is 4.98 Å². The van der Waals surface area contributed by atoms with Crippen LogP contribution in [0.4, 0.5) is 5.13 Å². The molecule has 0 spiro atoms. The van der Waals surface area contributed by atoms with Crippen LogP contribution in [0, 0.1) is 5.92 Å². The standard InChI is InChI=1S/C17H29N3S/c1-5-20(11-12-6-7-12)16-19-15(13-8-9-13)14(21-16)10-18-17(2,3)4/h12-13,18H,5-11H2,1-4H3. The number of hydrogen-bond acceptors (Lipinski definition) is 4. The predicted molar refractivity (Wildman–Crippen MR) is 91.3 cm³/mol. The zero-order valence-corrected chi connectivity index (χ0v) is 14.7. The van der Waals surface area contributed by atoms with Gasteiger partial charge in [0.05, 0.1) is 5.69 Å². The van der Waals surface area contributed by atoms with Crippen LogP contribution in [0.15, 0.2) is 0 Å². The Kier molecular flexibility index (Phi) is 4.28. The topological polar surface area (TPSA) is 28.2 Å². The largest absolute Gasteiger partial charge is 0.348 e. The molecule has 2 fully saturated rings. The predicted octanol–water partition coefficient (Wildman–Crippen LogP) is 4.14. The summed E-state index contributed by atoms with van der Waals surface area (Å²) in [6, 6.07) is 0. The average molecular weight is 308 g/mol. The van der Waals surface area contributed by atoms with E-state index in [0.717, 1.165) is 24.9 Å². The fourth-order valence-corrected chi connectivity index (χ4v) is 3.75. The molecular formula is C17H29N3S. The van der Waals surface area contributed by atoms with E-state index in [9.17, 15) is 0 Å².